The molecule has 0 aliphatic heterocycles. The Kier molecular flexibility index (Phi) is 60.0. The summed E-state index contributed by atoms with van der Waals surface area (Å²) in [5, 5.41) is 10.7. The first-order chi connectivity index (χ1) is 53.9. The van der Waals surface area contributed by atoms with E-state index in [2.05, 4.69) is 21.3 Å². The van der Waals surface area contributed by atoms with Crippen molar-refractivity contribution in [1.82, 2.24) is 10.6 Å². The molecule has 6 aromatic rings. The van der Waals surface area contributed by atoms with Crippen LogP contribution in [0.15, 0.2) is 164 Å². The number of rotatable bonds is 28. The number of hydrogen-bond acceptors (Lipinski definition) is 9. The van der Waals surface area contributed by atoms with Gasteiger partial charge in [0.05, 0.1) is 0 Å². The Hall–Kier alpha value is -4.23. The summed E-state index contributed by atoms with van der Waals surface area (Å²) in [5.74, 6) is -0.313. The van der Waals surface area contributed by atoms with Crippen LogP contribution >= 0.6 is 11.6 Å². The van der Waals surface area contributed by atoms with Crippen LogP contribution in [0.25, 0.3) is 0 Å². The fourth-order valence-corrected chi connectivity index (χ4v) is 10.3. The first kappa shape index (κ1) is 114. The summed E-state index contributed by atoms with van der Waals surface area (Å²) in [4.78, 5) is 57.7. The Balaban J connectivity index is 0. The van der Waals surface area contributed by atoms with Crippen LogP contribution in [0.3, 0.4) is 0 Å². The maximum atomic E-state index is 12.3. The van der Waals surface area contributed by atoms with Crippen LogP contribution in [0.2, 0.25) is 0 Å². The minimum Gasteiger partial charge on any atom is -0.444 e. The normalized spacial score (nSPS) is 9.62. The van der Waals surface area contributed by atoms with E-state index in [-0.39, 0.29) is 31.1 Å². The van der Waals surface area contributed by atoms with Crippen LogP contribution in [-0.2, 0) is 29.1 Å². The highest BCUT2D eigenvalue weighted by molar-refractivity contribution is 8.11. The van der Waals surface area contributed by atoms with E-state index in [0.29, 0.717) is 41.2 Å². The van der Waals surface area contributed by atoms with Crippen LogP contribution in [0, 0.1) is 0 Å². The number of nitrogen functional groups attached to an aromatic ring is 1. The van der Waals surface area contributed by atoms with Crippen molar-refractivity contribution < 1.29 is 33.4 Å². The largest absolute Gasteiger partial charge is 0.444 e. The molecule has 0 bridgehead atoms. The van der Waals surface area contributed by atoms with E-state index in [0.717, 1.165) is 22.4 Å². The average molecular weight is 1460 g/mol. The number of anilines is 3. The molecule has 116 heavy (non-hydrogen) atoms. The van der Waals surface area contributed by atoms with E-state index < -0.39 is 144 Å². The molecular formula is C52H59B50ClN6O7. The monoisotopic (exact) mass is 1460 g/mol. The van der Waals surface area contributed by atoms with Gasteiger partial charge in [0.25, 0.3) is 17.1 Å². The molecule has 0 aliphatic rings. The lowest BCUT2D eigenvalue weighted by molar-refractivity contribution is 0.0512. The van der Waals surface area contributed by atoms with Crippen molar-refractivity contribution >= 4 is 416 Å². The molecule has 64 heteroatoms. The van der Waals surface area contributed by atoms with Gasteiger partial charge in [-0.05, 0) is 112 Å². The number of benzene rings is 6. The number of ether oxygens (including phenoxy) is 2. The van der Waals surface area contributed by atoms with E-state index in [4.69, 9.17) is 249 Å². The summed E-state index contributed by atoms with van der Waals surface area (Å²) in [6.45, 7) is 11.9. The average Bonchev–Trinajstić information content (AvgIpc) is 0.962. The molecule has 8 N–H and O–H groups in total. The molecule has 0 spiro atoms. The van der Waals surface area contributed by atoms with Crippen molar-refractivity contribution in [3.63, 3.8) is 0 Å². The predicted molar refractivity (Wildman–Crippen MR) is 551 cm³/mol. The molecule has 0 unspecified atom stereocenters. The van der Waals surface area contributed by atoms with Crippen LogP contribution < -0.4 is 32.7 Å². The molecule has 4 amide bonds. The lowest BCUT2D eigenvalue weighted by Gasteiger charge is -2.34. The number of nitrogens with two attached hydrogens (primary N) is 2. The zero-order chi connectivity index (χ0) is 89.5. The van der Waals surface area contributed by atoms with E-state index in [1.165, 1.54) is 14.1 Å². The summed E-state index contributed by atoms with van der Waals surface area (Å²) in [6, 6.07) is 49.1. The fourth-order valence-electron chi connectivity index (χ4n) is 10.2. The molecule has 6 aromatic carbocycles. The standard InChI is InChI=1S/C19H22N2O3.C14H14N2O.C12H18N2O2.C7H5ClO.B14.B13.B12.B11/c1-19(2,3)24-18(23)20-13-15-11-7-8-12-16(15)21-17(22)14-9-5-4-6-10-14;15-10-12-8-4-5-9-13(12)16-14(17)11-6-2-1-3-7-11;1-12(2,3)16-11(15)14-8-9-6-4-5-7-10(9)13;8-7(9)6-4-2-1-3-5-6;1-9(2)13(10(3)4)14(11(5)6)12(7)8;1-8-12(9(2)3)13(10(4)5)11(6)7;1-8(2)11(7)12(9(3)4)10(5)6;1-7-10(6)11(8(2)3)9(4)5/h4-12H,13H2,1-3H3,(H,20,23)(H,21,22);1-9H,10,15H2,(H,16,17);4-7H,8,13H2,1-3H3,(H,14,15);1-5H;;;;. The smallest absolute Gasteiger partial charge is 0.407 e. The number of para-hydroxylation sites is 3. The molecule has 0 saturated carbocycles. The minimum atomic E-state index is -0.760. The van der Waals surface area contributed by atoms with E-state index in [9.17, 15) is 24.0 Å². The molecule has 13 nitrogen and oxygen atoms in total. The van der Waals surface area contributed by atoms with Crippen LogP contribution in [-0.4, -0.2) is 399 Å². The Morgan fingerprint density at radius 2 is 0.655 bits per heavy atom. The topological polar surface area (TPSA) is 204 Å². The Bertz CT molecular complexity index is 3620. The summed E-state index contributed by atoms with van der Waals surface area (Å²) in [6.07, 6.45) is -13.2. The maximum absolute atomic E-state index is 12.3. The van der Waals surface area contributed by atoms with Gasteiger partial charge in [-0.25, -0.2) is 9.59 Å². The van der Waals surface area contributed by atoms with E-state index in [1.54, 1.807) is 81.4 Å². The molecule has 0 aromatic heterocycles. The molecule has 496 valence electrons. The van der Waals surface area contributed by atoms with E-state index >= 15 is 0 Å². The molecule has 0 aliphatic carbocycles. The van der Waals surface area contributed by atoms with Gasteiger partial charge in [0, 0.05) is 412 Å². The predicted octanol–water partition coefficient (Wildman–Crippen LogP) is -8.32. The number of nitrogens with one attached hydrogen (secondary N) is 4. The van der Waals surface area contributed by atoms with Gasteiger partial charge in [-0.15, -0.1) is 0 Å². The second-order valence-corrected chi connectivity index (χ2v) is 28.5. The molecule has 0 heterocycles. The van der Waals surface area contributed by atoms with Crippen molar-refractivity contribution in [2.45, 2.75) is 72.4 Å². The quantitative estimate of drug-likeness (QED) is 0.0157. The lowest BCUT2D eigenvalue weighted by Crippen LogP contribution is -2.72. The van der Waals surface area contributed by atoms with Gasteiger partial charge in [-0.3, -0.25) is 14.4 Å². The number of alkyl carbamates (subject to hydrolysis) is 2. The number of carbonyl (C=O) groups excluding carboxylic acids is 5. The Labute approximate surface area is 746 Å². The number of carbonyl (C=O) groups is 5. The van der Waals surface area contributed by atoms with Crippen molar-refractivity contribution in [1.29, 1.82) is 0 Å². The van der Waals surface area contributed by atoms with Crippen molar-refractivity contribution in [3.05, 3.63) is 197 Å². The third-order valence-electron chi connectivity index (χ3n) is 16.1. The van der Waals surface area contributed by atoms with Crippen LogP contribution in [0.1, 0.15) is 89.3 Å². The zero-order valence-electron chi connectivity index (χ0n) is 67.0. The van der Waals surface area contributed by atoms with Gasteiger partial charge in [-0.2, -0.15) is 0 Å². The molecule has 58 radical (unpaired) electrons. The summed E-state index contributed by atoms with van der Waals surface area (Å²) >= 11 is 5.16. The first-order valence-electron chi connectivity index (χ1n) is 36.3. The highest BCUT2D eigenvalue weighted by Crippen LogP contribution is 2.19. The summed E-state index contributed by atoms with van der Waals surface area (Å²) in [7, 11) is 155. The maximum Gasteiger partial charge on any atom is 0.407 e. The lowest BCUT2D eigenvalue weighted by atomic mass is 8.47. The van der Waals surface area contributed by atoms with Crippen molar-refractivity contribution in [3.8, 4) is 0 Å². The SMILES string of the molecule is CC(C)(C)OC(=O)NCc1ccccc1N.CC(C)(C)OC(=O)NCc1ccccc1NC(=O)c1ccccc1.NCc1ccccc1NC(=O)c1ccccc1.O=C(Cl)c1ccccc1.[B]B([B])B(B([B])[B])B(B([B])[B])B([B])[B].[B]B([B])B([B])B(B([B])[B])B([B])[B].[B][B]B(B([B])[B])B(B([B])[B])B([B])[B].[B][B]B([B])B(B([B])[B])B([B])[B]. The second-order valence-electron chi connectivity index (χ2n) is 28.1. The minimum absolute atomic E-state index is 0.119. The van der Waals surface area contributed by atoms with Gasteiger partial charge in [-0.1, -0.05) is 121 Å². The van der Waals surface area contributed by atoms with Crippen LogP contribution in [0.5, 0.6) is 0 Å². The number of hydrogen-bond donors (Lipinski definition) is 6. The highest BCUT2D eigenvalue weighted by atomic mass is 35.5. The van der Waals surface area contributed by atoms with Gasteiger partial charge in [0.15, 0.2) is 0 Å². The summed E-state index contributed by atoms with van der Waals surface area (Å²) < 4.78 is 10.3. The highest BCUT2D eigenvalue weighted by Gasteiger charge is 2.37. The zero-order valence-corrected chi connectivity index (χ0v) is 67.7. The fraction of sp³-hybridized carbons (Fsp3) is 0.212. The van der Waals surface area contributed by atoms with Gasteiger partial charge >= 0.3 is 12.2 Å². The number of amides is 4. The first-order valence-corrected chi connectivity index (χ1v) is 36.7. The van der Waals surface area contributed by atoms with E-state index in [1.807, 2.05) is 124 Å². The molecular weight excluding hydrogens is 1400 g/mol. The summed E-state index contributed by atoms with van der Waals surface area (Å²) in [5.41, 5.74) is 16.8. The van der Waals surface area contributed by atoms with Gasteiger partial charge < -0.3 is 42.2 Å². The molecule has 6 rings (SSSR count). The Morgan fingerprint density at radius 3 is 0.905 bits per heavy atom. The molecule has 0 atom stereocenters. The number of halogens is 1. The van der Waals surface area contributed by atoms with Crippen molar-refractivity contribution in [2.24, 2.45) is 5.73 Å². The van der Waals surface area contributed by atoms with Gasteiger partial charge in [0.1, 0.15) is 11.2 Å². The third-order valence-corrected chi connectivity index (χ3v) is 16.3. The Morgan fingerprint density at radius 1 is 0.362 bits per heavy atom. The van der Waals surface area contributed by atoms with Crippen LogP contribution in [0.4, 0.5) is 26.7 Å². The van der Waals surface area contributed by atoms with Crippen molar-refractivity contribution in [2.75, 3.05) is 16.4 Å². The molecule has 0 saturated heterocycles. The van der Waals surface area contributed by atoms with Gasteiger partial charge in [0.2, 0.25) is 0 Å². The molecule has 0 fully saturated rings. The second kappa shape index (κ2) is 61.1. The third kappa shape index (κ3) is 49.0.